The van der Waals surface area contributed by atoms with Crippen molar-refractivity contribution in [3.8, 4) is 0 Å². The van der Waals surface area contributed by atoms with Gasteiger partial charge < -0.3 is 14.2 Å². The van der Waals surface area contributed by atoms with Gasteiger partial charge in [-0.2, -0.15) is 0 Å². The van der Waals surface area contributed by atoms with Gasteiger partial charge >= 0.3 is 11.7 Å². The number of hydrogen-bond donors (Lipinski definition) is 1. The van der Waals surface area contributed by atoms with Crippen molar-refractivity contribution < 1.29 is 14.3 Å². The maximum Gasteiger partial charge on any atom is 0.330 e. The topological polar surface area (TPSA) is 119 Å². The number of nitrogens with one attached hydrogen (secondary N) is 1. The van der Waals surface area contributed by atoms with E-state index in [0.29, 0.717) is 43.0 Å². The summed E-state index contributed by atoms with van der Waals surface area (Å²) in [5.74, 6) is -1.25. The summed E-state index contributed by atoms with van der Waals surface area (Å²) in [6, 6.07) is 0. The second-order valence-electron chi connectivity index (χ2n) is 7.33. The molecule has 0 aliphatic carbocycles. The van der Waals surface area contributed by atoms with Crippen molar-refractivity contribution in [3.05, 3.63) is 26.7 Å². The molecule has 29 heavy (non-hydrogen) atoms. The molecule has 0 aromatic carbocycles. The summed E-state index contributed by atoms with van der Waals surface area (Å²) in [5, 5.41) is 0. The second-order valence-corrected chi connectivity index (χ2v) is 7.33. The molecule has 1 aliphatic heterocycles. The quantitative estimate of drug-likeness (QED) is 0.508. The molecule has 1 fully saturated rings. The zero-order valence-corrected chi connectivity index (χ0v) is 17.1. The molecule has 0 bridgehead atoms. The van der Waals surface area contributed by atoms with E-state index in [1.807, 2.05) is 13.8 Å². The summed E-state index contributed by atoms with van der Waals surface area (Å²) in [4.78, 5) is 57.5. The largest absolute Gasteiger partial charge is 0.457 e. The normalized spacial score (nSPS) is 16.7. The Labute approximate surface area is 167 Å². The minimum atomic E-state index is -0.796. The Bertz CT molecular complexity index is 1030. The van der Waals surface area contributed by atoms with Crippen LogP contribution in [0.5, 0.6) is 0 Å². The SMILES string of the molecule is CCCCn1c(=O)[nH]c(=O)c2c1nc(COC(=O)[C@@H]1CCN(C)C1=O)n2CCC. The van der Waals surface area contributed by atoms with Crippen molar-refractivity contribution in [2.75, 3.05) is 13.6 Å². The molecule has 2 aromatic rings. The Morgan fingerprint density at radius 1 is 1.17 bits per heavy atom. The summed E-state index contributed by atoms with van der Waals surface area (Å²) in [6.07, 6.45) is 2.81. The van der Waals surface area contributed by atoms with E-state index in [1.165, 1.54) is 9.47 Å². The molecular weight excluding hydrogens is 378 g/mol. The fourth-order valence-electron chi connectivity index (χ4n) is 3.59. The molecule has 158 valence electrons. The van der Waals surface area contributed by atoms with Crippen LogP contribution in [0.3, 0.4) is 0 Å². The first-order valence-corrected chi connectivity index (χ1v) is 10.0. The Balaban J connectivity index is 1.94. The number of carbonyl (C=O) groups is 2. The summed E-state index contributed by atoms with van der Waals surface area (Å²) in [6.45, 7) is 5.25. The number of hydrogen-bond acceptors (Lipinski definition) is 6. The molecule has 1 amide bonds. The van der Waals surface area contributed by atoms with Gasteiger partial charge in [0, 0.05) is 26.7 Å². The third kappa shape index (κ3) is 3.96. The van der Waals surface area contributed by atoms with Gasteiger partial charge in [-0.3, -0.25) is 23.9 Å². The number of amides is 1. The number of rotatable bonds is 8. The fraction of sp³-hybridized carbons (Fsp3) is 0.632. The summed E-state index contributed by atoms with van der Waals surface area (Å²) >= 11 is 0. The molecule has 1 aliphatic rings. The van der Waals surface area contributed by atoms with Gasteiger partial charge in [0.25, 0.3) is 5.56 Å². The Kier molecular flexibility index (Phi) is 6.19. The number of carbonyl (C=O) groups excluding carboxylic acids is 2. The van der Waals surface area contributed by atoms with Crippen molar-refractivity contribution in [2.24, 2.45) is 5.92 Å². The van der Waals surface area contributed by atoms with Crippen LogP contribution in [-0.2, 0) is 34.0 Å². The highest BCUT2D eigenvalue weighted by atomic mass is 16.5. The van der Waals surface area contributed by atoms with Gasteiger partial charge in [-0.15, -0.1) is 0 Å². The molecule has 0 radical (unpaired) electrons. The smallest absolute Gasteiger partial charge is 0.330 e. The molecule has 2 aromatic heterocycles. The summed E-state index contributed by atoms with van der Waals surface area (Å²) < 4.78 is 8.51. The zero-order valence-electron chi connectivity index (χ0n) is 17.1. The monoisotopic (exact) mass is 405 g/mol. The van der Waals surface area contributed by atoms with E-state index < -0.39 is 23.1 Å². The highest BCUT2D eigenvalue weighted by Crippen LogP contribution is 2.19. The molecule has 0 saturated carbocycles. The first kappa shape index (κ1) is 20.8. The van der Waals surface area contributed by atoms with Crippen LogP contribution in [0.25, 0.3) is 11.2 Å². The fourth-order valence-corrected chi connectivity index (χ4v) is 3.59. The van der Waals surface area contributed by atoms with E-state index in [9.17, 15) is 19.2 Å². The Morgan fingerprint density at radius 3 is 2.55 bits per heavy atom. The zero-order chi connectivity index (χ0) is 21.1. The second kappa shape index (κ2) is 8.62. The number of likely N-dealkylation sites (tertiary alicyclic amines) is 1. The van der Waals surface area contributed by atoms with E-state index >= 15 is 0 Å². The third-order valence-corrected chi connectivity index (χ3v) is 5.20. The highest BCUT2D eigenvalue weighted by Gasteiger charge is 2.36. The van der Waals surface area contributed by atoms with Gasteiger partial charge in [0.2, 0.25) is 5.91 Å². The first-order valence-electron chi connectivity index (χ1n) is 10.0. The van der Waals surface area contributed by atoms with Crippen molar-refractivity contribution in [1.82, 2.24) is 24.0 Å². The molecule has 1 atom stereocenters. The molecule has 10 nitrogen and oxygen atoms in total. The van der Waals surface area contributed by atoms with Crippen molar-refractivity contribution in [3.63, 3.8) is 0 Å². The maximum atomic E-state index is 12.5. The van der Waals surface area contributed by atoms with Gasteiger partial charge in [-0.25, -0.2) is 9.78 Å². The standard InChI is InChI=1S/C19H27N5O5/c1-4-6-9-24-15-14(16(25)21-19(24)28)23(8-5-2)13(20-15)11-29-18(27)12-7-10-22(3)17(12)26/h12H,4-11H2,1-3H3,(H,21,25,28)/t12-/m1/s1. The number of aromatic nitrogens is 4. The third-order valence-electron chi connectivity index (χ3n) is 5.20. The molecule has 1 saturated heterocycles. The van der Waals surface area contributed by atoms with Crippen LogP contribution < -0.4 is 11.2 Å². The van der Waals surface area contributed by atoms with Gasteiger partial charge in [-0.1, -0.05) is 20.3 Å². The number of esters is 1. The number of nitrogens with zero attached hydrogens (tertiary/aromatic N) is 4. The molecule has 3 rings (SSSR count). The van der Waals surface area contributed by atoms with Crippen LogP contribution in [0.15, 0.2) is 9.59 Å². The molecule has 3 heterocycles. The van der Waals surface area contributed by atoms with Crippen molar-refractivity contribution in [2.45, 2.75) is 59.2 Å². The van der Waals surface area contributed by atoms with Crippen molar-refractivity contribution in [1.29, 1.82) is 0 Å². The number of imidazole rings is 1. The molecular formula is C19H27N5O5. The Morgan fingerprint density at radius 2 is 1.93 bits per heavy atom. The number of ether oxygens (including phenoxy) is 1. The predicted octanol–water partition coefficient (Wildman–Crippen LogP) is 0.618. The predicted molar refractivity (Wildman–Crippen MR) is 105 cm³/mol. The lowest BCUT2D eigenvalue weighted by atomic mass is 10.1. The lowest BCUT2D eigenvalue weighted by molar-refractivity contribution is -0.154. The van der Waals surface area contributed by atoms with Gasteiger partial charge in [0.1, 0.15) is 18.3 Å². The van der Waals surface area contributed by atoms with Gasteiger partial charge in [-0.05, 0) is 19.3 Å². The maximum absolute atomic E-state index is 12.5. The van der Waals surface area contributed by atoms with Crippen LogP contribution in [0.4, 0.5) is 0 Å². The van der Waals surface area contributed by atoms with E-state index in [4.69, 9.17) is 4.74 Å². The lowest BCUT2D eigenvalue weighted by Crippen LogP contribution is -2.31. The van der Waals surface area contributed by atoms with E-state index in [1.54, 1.807) is 11.6 Å². The van der Waals surface area contributed by atoms with Crippen LogP contribution in [0, 0.1) is 5.92 Å². The number of fused-ring (bicyclic) bond motifs is 1. The summed E-state index contributed by atoms with van der Waals surface area (Å²) in [7, 11) is 1.65. The summed E-state index contributed by atoms with van der Waals surface area (Å²) in [5.41, 5.74) is -0.419. The van der Waals surface area contributed by atoms with Crippen molar-refractivity contribution >= 4 is 23.0 Å². The minimum absolute atomic E-state index is 0.164. The van der Waals surface area contributed by atoms with Crippen LogP contribution in [0.1, 0.15) is 45.4 Å². The number of unbranched alkanes of at least 4 members (excludes halogenated alkanes) is 1. The number of aromatic amines is 1. The number of H-pyrrole nitrogens is 1. The first-order chi connectivity index (χ1) is 13.9. The molecule has 10 heteroatoms. The van der Waals surface area contributed by atoms with Gasteiger partial charge in [0.05, 0.1) is 0 Å². The van der Waals surface area contributed by atoms with Crippen LogP contribution in [-0.4, -0.2) is 49.5 Å². The minimum Gasteiger partial charge on any atom is -0.457 e. The van der Waals surface area contributed by atoms with E-state index in [2.05, 4.69) is 9.97 Å². The average molecular weight is 405 g/mol. The number of aryl methyl sites for hydroxylation is 2. The highest BCUT2D eigenvalue weighted by molar-refractivity contribution is 5.99. The average Bonchev–Trinajstić information content (AvgIpc) is 3.21. The lowest BCUT2D eigenvalue weighted by Gasteiger charge is -2.11. The van der Waals surface area contributed by atoms with Crippen LogP contribution >= 0.6 is 0 Å². The van der Waals surface area contributed by atoms with E-state index in [0.717, 1.165) is 19.3 Å². The molecule has 1 N–H and O–H groups in total. The molecule has 0 spiro atoms. The molecule has 0 unspecified atom stereocenters. The Hall–Kier alpha value is -2.91. The van der Waals surface area contributed by atoms with Gasteiger partial charge in [0.15, 0.2) is 11.2 Å². The van der Waals surface area contributed by atoms with Crippen LogP contribution in [0.2, 0.25) is 0 Å². The van der Waals surface area contributed by atoms with E-state index in [-0.39, 0.29) is 12.5 Å².